The number of rotatable bonds is 8. The zero-order valence-electron chi connectivity index (χ0n) is 10.4. The van der Waals surface area contributed by atoms with Gasteiger partial charge in [-0.2, -0.15) is 0 Å². The van der Waals surface area contributed by atoms with Gasteiger partial charge < -0.3 is 15.4 Å². The summed E-state index contributed by atoms with van der Waals surface area (Å²) in [6.07, 6.45) is 2.16. The van der Waals surface area contributed by atoms with Crippen LogP contribution in [0.3, 0.4) is 0 Å². The van der Waals surface area contributed by atoms with Gasteiger partial charge in [-0.25, -0.2) is 0 Å². The topological polar surface area (TPSA) is 67.4 Å². The molecular formula is C12H20N2O3. The summed E-state index contributed by atoms with van der Waals surface area (Å²) < 4.78 is 5.54. The molecule has 0 aliphatic carbocycles. The Hall–Kier alpha value is -1.62. The summed E-state index contributed by atoms with van der Waals surface area (Å²) in [6, 6.07) is 0. The fourth-order valence-corrected chi connectivity index (χ4v) is 1.13. The first-order valence-corrected chi connectivity index (χ1v) is 5.45. The summed E-state index contributed by atoms with van der Waals surface area (Å²) >= 11 is 0. The van der Waals surface area contributed by atoms with Crippen LogP contribution in [0, 0.1) is 0 Å². The number of ether oxygens (including phenoxy) is 1. The van der Waals surface area contributed by atoms with E-state index in [9.17, 15) is 9.59 Å². The summed E-state index contributed by atoms with van der Waals surface area (Å²) in [5.41, 5.74) is 0. The lowest BCUT2D eigenvalue weighted by Crippen LogP contribution is -2.37. The molecule has 0 spiro atoms. The van der Waals surface area contributed by atoms with Gasteiger partial charge in [0.2, 0.25) is 11.8 Å². The van der Waals surface area contributed by atoms with E-state index >= 15 is 0 Å². The summed E-state index contributed by atoms with van der Waals surface area (Å²) in [4.78, 5) is 21.8. The third kappa shape index (κ3) is 8.21. The molecule has 17 heavy (non-hydrogen) atoms. The van der Waals surface area contributed by atoms with Gasteiger partial charge in [0, 0.05) is 13.1 Å². The van der Waals surface area contributed by atoms with Crippen molar-refractivity contribution in [2.45, 2.75) is 26.1 Å². The molecule has 0 aromatic heterocycles. The lowest BCUT2D eigenvalue weighted by molar-refractivity contribution is -0.117. The van der Waals surface area contributed by atoms with E-state index in [0.29, 0.717) is 13.1 Å². The Bertz CT molecular complexity index is 261. The molecule has 5 heteroatoms. The average Bonchev–Trinajstić information content (AvgIpc) is 2.32. The molecule has 0 aliphatic heterocycles. The Kier molecular flexibility index (Phi) is 7.71. The molecule has 0 aliphatic rings. The highest BCUT2D eigenvalue weighted by Crippen LogP contribution is 1.96. The molecule has 0 bridgehead atoms. The first kappa shape index (κ1) is 15.4. The van der Waals surface area contributed by atoms with Gasteiger partial charge in [0.1, 0.15) is 0 Å². The van der Waals surface area contributed by atoms with Gasteiger partial charge in [-0.05, 0) is 26.0 Å². The Morgan fingerprint density at radius 2 is 1.41 bits per heavy atom. The van der Waals surface area contributed by atoms with Crippen LogP contribution < -0.4 is 10.6 Å². The molecule has 0 aromatic carbocycles. The molecule has 5 nitrogen and oxygen atoms in total. The summed E-state index contributed by atoms with van der Waals surface area (Å²) in [5, 5.41) is 5.26. The summed E-state index contributed by atoms with van der Waals surface area (Å²) in [6.45, 7) is 11.2. The normalized spacial score (nSPS) is 13.3. The smallest absolute Gasteiger partial charge is 0.243 e. The Labute approximate surface area is 102 Å². The molecule has 2 unspecified atom stereocenters. The van der Waals surface area contributed by atoms with Crippen LogP contribution >= 0.6 is 0 Å². The van der Waals surface area contributed by atoms with E-state index in [1.165, 1.54) is 12.2 Å². The van der Waals surface area contributed by atoms with Gasteiger partial charge in [0.15, 0.2) is 0 Å². The zero-order chi connectivity index (χ0) is 13.3. The van der Waals surface area contributed by atoms with Crippen LogP contribution in [0.2, 0.25) is 0 Å². The molecule has 96 valence electrons. The van der Waals surface area contributed by atoms with Crippen molar-refractivity contribution in [3.05, 3.63) is 25.3 Å². The molecule has 0 rings (SSSR count). The van der Waals surface area contributed by atoms with Crippen LogP contribution in [-0.4, -0.2) is 37.1 Å². The van der Waals surface area contributed by atoms with E-state index in [1.54, 1.807) is 0 Å². The van der Waals surface area contributed by atoms with E-state index < -0.39 is 0 Å². The standard InChI is InChI=1S/C12H20N2O3/c1-5-11(15)13-7-9(3)17-10(4)8-14-12(16)6-2/h5-6,9-10H,1-2,7-8H2,3-4H3,(H,13,15)(H,14,16). The van der Waals surface area contributed by atoms with Crippen molar-refractivity contribution in [1.82, 2.24) is 10.6 Å². The fourth-order valence-electron chi connectivity index (χ4n) is 1.13. The second kappa shape index (κ2) is 8.52. The van der Waals surface area contributed by atoms with E-state index in [1.807, 2.05) is 13.8 Å². The monoisotopic (exact) mass is 240 g/mol. The van der Waals surface area contributed by atoms with E-state index in [0.717, 1.165) is 0 Å². The predicted octanol–water partition coefficient (Wildman–Crippen LogP) is 0.384. The maximum Gasteiger partial charge on any atom is 0.243 e. The quantitative estimate of drug-likeness (QED) is 0.603. The third-order valence-electron chi connectivity index (χ3n) is 1.96. The van der Waals surface area contributed by atoms with Crippen molar-refractivity contribution in [3.8, 4) is 0 Å². The van der Waals surface area contributed by atoms with Gasteiger partial charge in [-0.1, -0.05) is 13.2 Å². The number of nitrogens with one attached hydrogen (secondary N) is 2. The van der Waals surface area contributed by atoms with Crippen molar-refractivity contribution in [2.75, 3.05) is 13.1 Å². The molecule has 0 saturated heterocycles. The van der Waals surface area contributed by atoms with Gasteiger partial charge in [0.25, 0.3) is 0 Å². The van der Waals surface area contributed by atoms with Crippen molar-refractivity contribution in [2.24, 2.45) is 0 Å². The zero-order valence-corrected chi connectivity index (χ0v) is 10.4. The van der Waals surface area contributed by atoms with Gasteiger partial charge >= 0.3 is 0 Å². The summed E-state index contributed by atoms with van der Waals surface area (Å²) in [7, 11) is 0. The van der Waals surface area contributed by atoms with Crippen LogP contribution in [0.15, 0.2) is 25.3 Å². The molecule has 0 fully saturated rings. The number of amides is 2. The molecule has 0 heterocycles. The van der Waals surface area contributed by atoms with Crippen LogP contribution in [0.1, 0.15) is 13.8 Å². The van der Waals surface area contributed by atoms with Crippen LogP contribution in [0.5, 0.6) is 0 Å². The first-order valence-electron chi connectivity index (χ1n) is 5.45. The largest absolute Gasteiger partial charge is 0.372 e. The molecule has 2 atom stereocenters. The fraction of sp³-hybridized carbons (Fsp3) is 0.500. The van der Waals surface area contributed by atoms with E-state index in [-0.39, 0.29) is 24.0 Å². The van der Waals surface area contributed by atoms with Gasteiger partial charge in [-0.3, -0.25) is 9.59 Å². The highest BCUT2D eigenvalue weighted by atomic mass is 16.5. The highest BCUT2D eigenvalue weighted by molar-refractivity contribution is 5.87. The van der Waals surface area contributed by atoms with Crippen LogP contribution in [0.25, 0.3) is 0 Å². The Morgan fingerprint density at radius 1 is 1.06 bits per heavy atom. The minimum absolute atomic E-state index is 0.130. The molecule has 0 saturated carbocycles. The van der Waals surface area contributed by atoms with Crippen molar-refractivity contribution in [1.29, 1.82) is 0 Å². The number of carbonyl (C=O) groups excluding carboxylic acids is 2. The van der Waals surface area contributed by atoms with E-state index in [2.05, 4.69) is 23.8 Å². The molecule has 0 radical (unpaired) electrons. The molecule has 2 N–H and O–H groups in total. The molecular weight excluding hydrogens is 220 g/mol. The third-order valence-corrected chi connectivity index (χ3v) is 1.96. The van der Waals surface area contributed by atoms with Crippen molar-refractivity contribution < 1.29 is 14.3 Å². The number of hydrogen-bond acceptors (Lipinski definition) is 3. The van der Waals surface area contributed by atoms with Crippen LogP contribution in [-0.2, 0) is 14.3 Å². The first-order chi connectivity index (χ1) is 7.99. The average molecular weight is 240 g/mol. The van der Waals surface area contributed by atoms with Crippen molar-refractivity contribution in [3.63, 3.8) is 0 Å². The molecule has 0 aromatic rings. The van der Waals surface area contributed by atoms with Crippen LogP contribution in [0.4, 0.5) is 0 Å². The Morgan fingerprint density at radius 3 is 1.71 bits per heavy atom. The second-order valence-corrected chi connectivity index (χ2v) is 3.66. The van der Waals surface area contributed by atoms with Gasteiger partial charge in [0.05, 0.1) is 12.2 Å². The second-order valence-electron chi connectivity index (χ2n) is 3.66. The minimum Gasteiger partial charge on any atom is -0.372 e. The lowest BCUT2D eigenvalue weighted by atomic mass is 10.3. The Balaban J connectivity index is 3.75. The SMILES string of the molecule is C=CC(=O)NCC(C)OC(C)CNC(=O)C=C. The molecule has 2 amide bonds. The predicted molar refractivity (Wildman–Crippen MR) is 66.4 cm³/mol. The van der Waals surface area contributed by atoms with Crippen molar-refractivity contribution >= 4 is 11.8 Å². The van der Waals surface area contributed by atoms with E-state index in [4.69, 9.17) is 4.74 Å². The lowest BCUT2D eigenvalue weighted by Gasteiger charge is -2.19. The number of carbonyl (C=O) groups is 2. The number of hydrogen-bond donors (Lipinski definition) is 2. The maximum absolute atomic E-state index is 10.9. The van der Waals surface area contributed by atoms with Gasteiger partial charge in [-0.15, -0.1) is 0 Å². The minimum atomic E-state index is -0.229. The summed E-state index contributed by atoms with van der Waals surface area (Å²) in [5.74, 6) is -0.457. The maximum atomic E-state index is 10.9. The highest BCUT2D eigenvalue weighted by Gasteiger charge is 2.09.